The highest BCUT2D eigenvalue weighted by Crippen LogP contribution is 2.27. The van der Waals surface area contributed by atoms with Crippen molar-refractivity contribution >= 4 is 17.6 Å². The molecule has 0 aromatic heterocycles. The summed E-state index contributed by atoms with van der Waals surface area (Å²) in [6, 6.07) is 19.8. The van der Waals surface area contributed by atoms with Gasteiger partial charge in [-0.25, -0.2) is 4.79 Å². The van der Waals surface area contributed by atoms with Crippen molar-refractivity contribution in [2.75, 3.05) is 5.32 Å². The van der Waals surface area contributed by atoms with Gasteiger partial charge in [0.05, 0.1) is 29.9 Å². The van der Waals surface area contributed by atoms with Gasteiger partial charge >= 0.3 is 5.97 Å². The molecule has 194 valence electrons. The van der Waals surface area contributed by atoms with E-state index in [1.807, 2.05) is 36.4 Å². The van der Waals surface area contributed by atoms with Crippen LogP contribution in [0.5, 0.6) is 17.2 Å². The number of anilines is 1. The molecular weight excluding hydrogens is 470 g/mol. The number of nitrogens with one attached hydrogen (secondary N) is 1. The van der Waals surface area contributed by atoms with Gasteiger partial charge in [0.2, 0.25) is 5.91 Å². The van der Waals surface area contributed by atoms with E-state index < -0.39 is 5.97 Å². The molecular formula is C30H33NO6. The Morgan fingerprint density at radius 1 is 0.865 bits per heavy atom. The topological polar surface area (TPSA) is 105 Å². The molecule has 1 fully saturated rings. The number of hydrogen-bond acceptors (Lipinski definition) is 5. The molecule has 4 rings (SSSR count). The van der Waals surface area contributed by atoms with Crippen LogP contribution >= 0.6 is 0 Å². The summed E-state index contributed by atoms with van der Waals surface area (Å²) in [5.41, 5.74) is 1.76. The van der Waals surface area contributed by atoms with Crippen LogP contribution in [0.25, 0.3) is 0 Å². The standard InChI is InChI=1S/C30H33NO6/c1-20-5-2-10-27(29(20)30(34)35)31-28(33)19-21-11-13-24(14-12-21)37-26-17-15-25(16-18-26)36-23-8-3-6-22(32)7-4-9-23/h2,5,10-18,22-23,32H,3-4,6-9,19H2,1H3,(H,31,33)(H,34,35). The van der Waals surface area contributed by atoms with Crippen LogP contribution in [0.2, 0.25) is 0 Å². The number of ether oxygens (including phenoxy) is 2. The molecule has 37 heavy (non-hydrogen) atoms. The van der Waals surface area contributed by atoms with E-state index >= 15 is 0 Å². The average molecular weight is 504 g/mol. The SMILES string of the molecule is Cc1cccc(NC(=O)Cc2ccc(Oc3ccc(OC4CCCC(O)CCC4)cc3)cc2)c1C(=O)O. The van der Waals surface area contributed by atoms with Crippen molar-refractivity contribution in [3.8, 4) is 17.2 Å². The van der Waals surface area contributed by atoms with Crippen molar-refractivity contribution < 1.29 is 29.3 Å². The first-order valence-electron chi connectivity index (χ1n) is 12.7. The highest BCUT2D eigenvalue weighted by atomic mass is 16.5. The number of hydrogen-bond donors (Lipinski definition) is 3. The summed E-state index contributed by atoms with van der Waals surface area (Å²) in [5.74, 6) is 0.759. The van der Waals surface area contributed by atoms with Crippen molar-refractivity contribution in [2.24, 2.45) is 0 Å². The van der Waals surface area contributed by atoms with Gasteiger partial charge in [-0.3, -0.25) is 4.79 Å². The Hall–Kier alpha value is -3.84. The predicted octanol–water partition coefficient (Wildman–Crippen LogP) is 6.13. The van der Waals surface area contributed by atoms with E-state index in [9.17, 15) is 19.8 Å². The van der Waals surface area contributed by atoms with Gasteiger partial charge in [-0.2, -0.15) is 0 Å². The zero-order chi connectivity index (χ0) is 26.2. The number of aryl methyl sites for hydroxylation is 1. The maximum atomic E-state index is 12.5. The summed E-state index contributed by atoms with van der Waals surface area (Å²) in [6.45, 7) is 1.70. The first-order valence-corrected chi connectivity index (χ1v) is 12.7. The molecule has 7 heteroatoms. The zero-order valence-corrected chi connectivity index (χ0v) is 21.0. The molecule has 0 aliphatic heterocycles. The van der Waals surface area contributed by atoms with Gasteiger partial charge in [0, 0.05) is 0 Å². The predicted molar refractivity (Wildman–Crippen MR) is 142 cm³/mol. The molecule has 0 unspecified atom stereocenters. The van der Waals surface area contributed by atoms with Crippen LogP contribution in [-0.4, -0.2) is 34.3 Å². The molecule has 3 aromatic carbocycles. The number of aliphatic hydroxyl groups is 1. The van der Waals surface area contributed by atoms with Gasteiger partial charge in [-0.1, -0.05) is 24.3 Å². The van der Waals surface area contributed by atoms with E-state index in [4.69, 9.17) is 9.47 Å². The Bertz CT molecular complexity index is 1200. The Morgan fingerprint density at radius 2 is 1.46 bits per heavy atom. The second-order valence-electron chi connectivity index (χ2n) is 9.50. The molecule has 3 N–H and O–H groups in total. The molecule has 3 aromatic rings. The molecule has 0 spiro atoms. The molecule has 1 aliphatic rings. The van der Waals surface area contributed by atoms with Crippen molar-refractivity contribution in [3.05, 3.63) is 83.4 Å². The van der Waals surface area contributed by atoms with E-state index in [1.165, 1.54) is 0 Å². The molecule has 1 amide bonds. The fourth-order valence-electron chi connectivity index (χ4n) is 4.59. The van der Waals surface area contributed by atoms with Gasteiger partial charge in [-0.15, -0.1) is 0 Å². The third-order valence-electron chi connectivity index (χ3n) is 6.54. The zero-order valence-electron chi connectivity index (χ0n) is 21.0. The lowest BCUT2D eigenvalue weighted by Crippen LogP contribution is -2.21. The largest absolute Gasteiger partial charge is 0.490 e. The molecule has 1 saturated carbocycles. The minimum absolute atomic E-state index is 0.0977. The average Bonchev–Trinajstić information content (AvgIpc) is 2.84. The molecule has 0 atom stereocenters. The Labute approximate surface area is 217 Å². The van der Waals surface area contributed by atoms with Crippen LogP contribution in [0.4, 0.5) is 5.69 Å². The molecule has 0 bridgehead atoms. The third-order valence-corrected chi connectivity index (χ3v) is 6.54. The van der Waals surface area contributed by atoms with E-state index in [2.05, 4.69) is 5.32 Å². The Morgan fingerprint density at radius 3 is 2.08 bits per heavy atom. The van der Waals surface area contributed by atoms with E-state index in [1.54, 1.807) is 37.3 Å². The van der Waals surface area contributed by atoms with Gasteiger partial charge in [-0.05, 0) is 99.0 Å². The highest BCUT2D eigenvalue weighted by Gasteiger charge is 2.17. The van der Waals surface area contributed by atoms with E-state index in [0.717, 1.165) is 49.8 Å². The van der Waals surface area contributed by atoms with Gasteiger partial charge < -0.3 is 25.0 Å². The van der Waals surface area contributed by atoms with Crippen LogP contribution < -0.4 is 14.8 Å². The minimum Gasteiger partial charge on any atom is -0.490 e. The first-order chi connectivity index (χ1) is 17.9. The van der Waals surface area contributed by atoms with Crippen LogP contribution in [0.15, 0.2) is 66.7 Å². The molecule has 0 saturated heterocycles. The molecule has 7 nitrogen and oxygen atoms in total. The lowest BCUT2D eigenvalue weighted by atomic mass is 9.96. The quantitative estimate of drug-likeness (QED) is 0.342. The summed E-state index contributed by atoms with van der Waals surface area (Å²) < 4.78 is 12.1. The number of carbonyl (C=O) groups excluding carboxylic acids is 1. The fraction of sp³-hybridized carbons (Fsp3) is 0.333. The molecule has 0 radical (unpaired) electrons. The van der Waals surface area contributed by atoms with Gasteiger partial charge in [0.25, 0.3) is 0 Å². The first kappa shape index (κ1) is 26.2. The lowest BCUT2D eigenvalue weighted by Gasteiger charge is -2.23. The van der Waals surface area contributed by atoms with Crippen LogP contribution in [-0.2, 0) is 11.2 Å². The van der Waals surface area contributed by atoms with Crippen molar-refractivity contribution in [2.45, 2.75) is 64.1 Å². The Kier molecular flexibility index (Phi) is 8.80. The number of carboxylic acids is 1. The lowest BCUT2D eigenvalue weighted by molar-refractivity contribution is -0.115. The number of carbonyl (C=O) groups is 2. The summed E-state index contributed by atoms with van der Waals surface area (Å²) in [4.78, 5) is 24.0. The van der Waals surface area contributed by atoms with Crippen molar-refractivity contribution in [1.82, 2.24) is 0 Å². The normalized spacial score (nSPS) is 17.8. The second-order valence-corrected chi connectivity index (χ2v) is 9.50. The third kappa shape index (κ3) is 7.57. The summed E-state index contributed by atoms with van der Waals surface area (Å²) in [7, 11) is 0. The number of carboxylic acid groups (broad SMARTS) is 1. The Balaban J connectivity index is 1.29. The van der Waals surface area contributed by atoms with E-state index in [-0.39, 0.29) is 30.1 Å². The number of aromatic carboxylic acids is 1. The summed E-state index contributed by atoms with van der Waals surface area (Å²) in [6.07, 6.45) is 5.64. The minimum atomic E-state index is -1.07. The number of benzene rings is 3. The van der Waals surface area contributed by atoms with Crippen molar-refractivity contribution in [1.29, 1.82) is 0 Å². The summed E-state index contributed by atoms with van der Waals surface area (Å²) >= 11 is 0. The van der Waals surface area contributed by atoms with Crippen LogP contribution in [0, 0.1) is 6.92 Å². The number of rotatable bonds is 8. The van der Waals surface area contributed by atoms with Crippen molar-refractivity contribution in [3.63, 3.8) is 0 Å². The second kappa shape index (κ2) is 12.4. The molecule has 1 aliphatic carbocycles. The molecule has 0 heterocycles. The fourth-order valence-corrected chi connectivity index (χ4v) is 4.59. The van der Waals surface area contributed by atoms with Crippen LogP contribution in [0.3, 0.4) is 0 Å². The van der Waals surface area contributed by atoms with Crippen LogP contribution in [0.1, 0.15) is 60.0 Å². The monoisotopic (exact) mass is 503 g/mol. The maximum absolute atomic E-state index is 12.5. The smallest absolute Gasteiger partial charge is 0.338 e. The van der Waals surface area contributed by atoms with E-state index in [0.29, 0.717) is 22.7 Å². The van der Waals surface area contributed by atoms with Gasteiger partial charge in [0.1, 0.15) is 17.2 Å². The number of amides is 1. The maximum Gasteiger partial charge on any atom is 0.338 e. The van der Waals surface area contributed by atoms with Gasteiger partial charge in [0.15, 0.2) is 0 Å². The highest BCUT2D eigenvalue weighted by molar-refractivity contribution is 6.02. The number of aliphatic hydroxyl groups excluding tert-OH is 1. The summed E-state index contributed by atoms with van der Waals surface area (Å²) in [5, 5.41) is 21.9.